The van der Waals surface area contributed by atoms with Crippen molar-refractivity contribution in [1.29, 1.82) is 0 Å². The molecule has 5 atom stereocenters. The molecule has 2 unspecified atom stereocenters. The number of aliphatic hydroxyl groups is 4. The molecule has 0 aromatic carbocycles. The number of nitrogens with zero attached hydrogens (tertiary/aromatic N) is 1. The lowest BCUT2D eigenvalue weighted by Crippen LogP contribution is -2.57. The first kappa shape index (κ1) is 19.3. The predicted molar refractivity (Wildman–Crippen MR) is 76.2 cm³/mol. The molecule has 0 aromatic heterocycles. The van der Waals surface area contributed by atoms with Crippen LogP contribution in [0.3, 0.4) is 0 Å². The number of allylic oxidation sites excluding steroid dienone is 1. The molecule has 0 bridgehead atoms. The Kier molecular flexibility index (Phi) is 7.21. The largest absolute Gasteiger partial charge is 0.466 e. The van der Waals surface area contributed by atoms with Crippen LogP contribution in [0.5, 0.6) is 0 Å². The quantitative estimate of drug-likeness (QED) is 0.120. The van der Waals surface area contributed by atoms with Gasteiger partial charge in [0.15, 0.2) is 0 Å². The molecule has 1 heterocycles. The van der Waals surface area contributed by atoms with E-state index in [0.29, 0.717) is 11.8 Å². The van der Waals surface area contributed by atoms with Crippen molar-refractivity contribution < 1.29 is 42.4 Å². The minimum atomic E-state index is -4.79. The van der Waals surface area contributed by atoms with E-state index >= 15 is 0 Å². The number of aliphatic hydroxyl groups excluding tert-OH is 4. The molecule has 1 rings (SSSR count). The lowest BCUT2D eigenvalue weighted by molar-refractivity contribution is -0.205. The smallest absolute Gasteiger partial charge is 0.394 e. The van der Waals surface area contributed by atoms with Gasteiger partial charge in [0.2, 0.25) is 0 Å². The molecule has 0 spiro atoms. The topological polar surface area (TPSA) is 166 Å². The van der Waals surface area contributed by atoms with Crippen molar-refractivity contribution in [1.82, 2.24) is 0 Å². The Labute approximate surface area is 131 Å². The zero-order valence-electron chi connectivity index (χ0n) is 11.2. The maximum absolute atomic E-state index is 10.5. The predicted octanol–water partition coefficient (Wildman–Crippen LogP) is -1.77. The molecule has 0 aliphatic carbocycles. The Morgan fingerprint density at radius 2 is 1.95 bits per heavy atom. The second-order valence-electron chi connectivity index (χ2n) is 4.30. The highest BCUT2D eigenvalue weighted by Gasteiger charge is 2.44. The summed E-state index contributed by atoms with van der Waals surface area (Å²) in [6.45, 7) is 2.82. The fourth-order valence-electron chi connectivity index (χ4n) is 1.62. The van der Waals surface area contributed by atoms with Gasteiger partial charge in [-0.1, -0.05) is 23.0 Å². The van der Waals surface area contributed by atoms with E-state index in [1.807, 2.05) is 0 Å². The Bertz CT molecular complexity index is 507. The summed E-state index contributed by atoms with van der Waals surface area (Å²) in [5, 5.41) is 41.3. The summed E-state index contributed by atoms with van der Waals surface area (Å²) in [5.41, 5.74) is -1.15. The Morgan fingerprint density at radius 3 is 2.45 bits per heavy atom. The molecule has 12 heteroatoms. The van der Waals surface area contributed by atoms with Crippen LogP contribution in [0.1, 0.15) is 6.42 Å². The summed E-state index contributed by atoms with van der Waals surface area (Å²) in [6, 6.07) is 0. The molecule has 0 radical (unpaired) electrons. The van der Waals surface area contributed by atoms with Gasteiger partial charge < -0.3 is 25.2 Å². The van der Waals surface area contributed by atoms with E-state index < -0.39 is 46.9 Å². The van der Waals surface area contributed by atoms with Crippen LogP contribution in [-0.2, 0) is 19.4 Å². The Morgan fingerprint density at radius 1 is 1.32 bits per heavy atom. The third kappa shape index (κ3) is 5.48. The van der Waals surface area contributed by atoms with E-state index in [1.165, 1.54) is 6.08 Å². The van der Waals surface area contributed by atoms with Gasteiger partial charge in [0.25, 0.3) is 0 Å². The van der Waals surface area contributed by atoms with Crippen molar-refractivity contribution in [3.63, 3.8) is 0 Å². The van der Waals surface area contributed by atoms with E-state index in [4.69, 9.17) is 14.4 Å². The van der Waals surface area contributed by atoms with Gasteiger partial charge in [0.1, 0.15) is 34.9 Å². The van der Waals surface area contributed by atoms with Gasteiger partial charge in [0, 0.05) is 6.42 Å². The van der Waals surface area contributed by atoms with Crippen LogP contribution >= 0.6 is 11.8 Å². The molecule has 10 nitrogen and oxygen atoms in total. The second kappa shape index (κ2) is 8.21. The monoisotopic (exact) mass is 359 g/mol. The first-order valence-corrected chi connectivity index (χ1v) is 8.25. The normalized spacial score (nSPS) is 33.5. The molecule has 1 saturated heterocycles. The van der Waals surface area contributed by atoms with Crippen LogP contribution in [0.25, 0.3) is 0 Å². The van der Waals surface area contributed by atoms with Crippen molar-refractivity contribution in [2.24, 2.45) is 5.16 Å². The molecule has 1 fully saturated rings. The summed E-state index contributed by atoms with van der Waals surface area (Å²) < 4.78 is 38.5. The van der Waals surface area contributed by atoms with Crippen molar-refractivity contribution >= 4 is 27.2 Å². The Hall–Kier alpha value is -0.730. The maximum atomic E-state index is 10.5. The molecule has 0 aromatic rings. The highest BCUT2D eigenvalue weighted by atomic mass is 32.3. The summed E-state index contributed by atoms with van der Waals surface area (Å²) in [7, 11) is -4.79. The number of hydrogen-bond donors (Lipinski definition) is 5. The van der Waals surface area contributed by atoms with Crippen LogP contribution in [0.2, 0.25) is 0 Å². The summed E-state index contributed by atoms with van der Waals surface area (Å²) in [5.74, 6) is 0. The van der Waals surface area contributed by atoms with Gasteiger partial charge in [0.05, 0.1) is 6.61 Å². The van der Waals surface area contributed by atoms with Gasteiger partial charge >= 0.3 is 10.4 Å². The fraction of sp³-hybridized carbons (Fsp3) is 0.700. The number of thioether (sulfide) groups is 1. The highest BCUT2D eigenvalue weighted by Crippen LogP contribution is 2.30. The first-order chi connectivity index (χ1) is 10.2. The van der Waals surface area contributed by atoms with Crippen LogP contribution in [0.15, 0.2) is 17.8 Å². The molecule has 5 N–H and O–H groups in total. The Balaban J connectivity index is 2.85. The van der Waals surface area contributed by atoms with Crippen molar-refractivity contribution in [2.75, 3.05) is 6.61 Å². The average molecular weight is 359 g/mol. The van der Waals surface area contributed by atoms with E-state index in [2.05, 4.69) is 16.0 Å². The summed E-state index contributed by atoms with van der Waals surface area (Å²) in [6.07, 6.45) is -4.34. The minimum Gasteiger partial charge on any atom is -0.394 e. The first-order valence-electron chi connectivity index (χ1n) is 6.00. The molecule has 1 aliphatic rings. The number of oxime groups is 1. The van der Waals surface area contributed by atoms with Crippen LogP contribution in [-0.4, -0.2) is 74.9 Å². The van der Waals surface area contributed by atoms with E-state index in [1.54, 1.807) is 0 Å². The lowest BCUT2D eigenvalue weighted by Gasteiger charge is -2.39. The van der Waals surface area contributed by atoms with Crippen molar-refractivity contribution in [3.05, 3.63) is 12.7 Å². The van der Waals surface area contributed by atoms with Gasteiger partial charge in [-0.2, -0.15) is 8.42 Å². The third-order valence-corrected chi connectivity index (χ3v) is 4.05. The molecule has 128 valence electrons. The van der Waals surface area contributed by atoms with Gasteiger partial charge in [-0.3, -0.25) is 4.55 Å². The molecular weight excluding hydrogens is 342 g/mol. The fourth-order valence-corrected chi connectivity index (χ4v) is 2.91. The molecule has 1 aliphatic heterocycles. The van der Waals surface area contributed by atoms with Gasteiger partial charge in [-0.25, -0.2) is 4.28 Å². The standard InChI is InChI=1S/C10H17NO9S2/c1-2-3-6(11-20-22(16,17)18)21-10-9(15)8(14)7(13)5(4-12)19-10/h2,5,7-10,12-15H,1,3-4H2,(H,16,17,18)/b11-6-/t5?,7-,8-,9?,10+/m1/s1. The summed E-state index contributed by atoms with van der Waals surface area (Å²) in [4.78, 5) is 0. The van der Waals surface area contributed by atoms with E-state index in [-0.39, 0.29) is 11.5 Å². The number of rotatable bonds is 6. The van der Waals surface area contributed by atoms with Crippen LogP contribution < -0.4 is 0 Å². The van der Waals surface area contributed by atoms with Crippen molar-refractivity contribution in [3.8, 4) is 0 Å². The van der Waals surface area contributed by atoms with E-state index in [0.717, 1.165) is 0 Å². The molecular formula is C10H17NO9S2. The van der Waals surface area contributed by atoms with Crippen molar-refractivity contribution in [2.45, 2.75) is 36.3 Å². The maximum Gasteiger partial charge on any atom is 0.466 e. The average Bonchev–Trinajstić information content (AvgIpc) is 2.44. The molecule has 22 heavy (non-hydrogen) atoms. The van der Waals surface area contributed by atoms with Gasteiger partial charge in [-0.05, 0) is 0 Å². The number of ether oxygens (including phenoxy) is 1. The number of hydrogen-bond acceptors (Lipinski definition) is 10. The summed E-state index contributed by atoms with van der Waals surface area (Å²) >= 11 is 0.688. The van der Waals surface area contributed by atoms with Crippen LogP contribution in [0, 0.1) is 0 Å². The zero-order valence-corrected chi connectivity index (χ0v) is 12.9. The lowest BCUT2D eigenvalue weighted by atomic mass is 10.0. The zero-order chi connectivity index (χ0) is 16.9. The minimum absolute atomic E-state index is 0.0230. The highest BCUT2D eigenvalue weighted by molar-refractivity contribution is 8.14. The molecule has 0 saturated carbocycles. The van der Waals surface area contributed by atoms with Gasteiger partial charge in [-0.15, -0.1) is 6.58 Å². The SMILES string of the molecule is C=CC/C(=N/OS(=O)(=O)O)S[C@@H]1OC(CO)[C@@H](O)[C@@H](O)C1O. The molecule has 0 amide bonds. The van der Waals surface area contributed by atoms with Crippen LogP contribution in [0.4, 0.5) is 0 Å². The second-order valence-corrected chi connectivity index (χ2v) is 6.47. The van der Waals surface area contributed by atoms with E-state index in [9.17, 15) is 23.7 Å². The third-order valence-electron chi connectivity index (χ3n) is 2.65.